The molecule has 0 heterocycles. The summed E-state index contributed by atoms with van der Waals surface area (Å²) >= 11 is 0. The fourth-order valence-corrected chi connectivity index (χ4v) is 2.42. The second kappa shape index (κ2) is 6.35. The summed E-state index contributed by atoms with van der Waals surface area (Å²) in [5.41, 5.74) is 4.77. The van der Waals surface area contributed by atoms with Gasteiger partial charge in [0.05, 0.1) is 17.8 Å². The van der Waals surface area contributed by atoms with Gasteiger partial charge in [-0.1, -0.05) is 13.8 Å². The van der Waals surface area contributed by atoms with Crippen LogP contribution in [0, 0.1) is 11.3 Å². The first-order valence-electron chi connectivity index (χ1n) is 5.74. The van der Waals surface area contributed by atoms with Crippen molar-refractivity contribution in [2.75, 3.05) is 25.2 Å². The summed E-state index contributed by atoms with van der Waals surface area (Å²) in [6.07, 6.45) is 1.36. The van der Waals surface area contributed by atoms with Gasteiger partial charge in [-0.05, 0) is 19.3 Å². The lowest BCUT2D eigenvalue weighted by molar-refractivity contribution is -0.158. The van der Waals surface area contributed by atoms with Crippen molar-refractivity contribution in [2.45, 2.75) is 27.2 Å². The van der Waals surface area contributed by atoms with Crippen LogP contribution in [-0.4, -0.2) is 39.5 Å². The number of nitrogens with two attached hydrogens (primary N) is 1. The van der Waals surface area contributed by atoms with E-state index >= 15 is 0 Å². The molecule has 0 aromatic carbocycles. The molecule has 0 radical (unpaired) electrons. The average molecular weight is 265 g/mol. The number of sulfone groups is 1. The molecule has 0 rings (SSSR count). The topological polar surface area (TPSA) is 86.5 Å². The zero-order valence-corrected chi connectivity index (χ0v) is 11.8. The third-order valence-corrected chi connectivity index (χ3v) is 4.02. The molecule has 0 saturated heterocycles. The second-order valence-corrected chi connectivity index (χ2v) is 6.88. The summed E-state index contributed by atoms with van der Waals surface area (Å²) in [5, 5.41) is 0. The van der Waals surface area contributed by atoms with Gasteiger partial charge in [0.2, 0.25) is 0 Å². The molecule has 0 aromatic heterocycles. The molecular formula is C11H23NO4S. The minimum absolute atomic E-state index is 0.0544. The van der Waals surface area contributed by atoms with E-state index < -0.39 is 21.2 Å². The monoisotopic (exact) mass is 265 g/mol. The number of rotatable bonds is 7. The summed E-state index contributed by atoms with van der Waals surface area (Å²) in [6.45, 7) is 5.79. The van der Waals surface area contributed by atoms with Gasteiger partial charge in [0, 0.05) is 12.8 Å². The van der Waals surface area contributed by atoms with Crippen molar-refractivity contribution in [2.24, 2.45) is 17.1 Å². The molecule has 17 heavy (non-hydrogen) atoms. The van der Waals surface area contributed by atoms with Gasteiger partial charge < -0.3 is 10.5 Å². The third kappa shape index (κ3) is 4.63. The Hall–Kier alpha value is -0.620. The molecule has 0 aliphatic rings. The number of hydrogen-bond donors (Lipinski definition) is 1. The maximum atomic E-state index is 12.0. The normalized spacial score (nSPS) is 15.6. The molecule has 0 fully saturated rings. The van der Waals surface area contributed by atoms with E-state index in [1.165, 1.54) is 0 Å². The number of esters is 1. The van der Waals surface area contributed by atoms with Crippen LogP contribution in [0.2, 0.25) is 0 Å². The van der Waals surface area contributed by atoms with Gasteiger partial charge in [-0.15, -0.1) is 0 Å². The van der Waals surface area contributed by atoms with Crippen molar-refractivity contribution >= 4 is 15.8 Å². The van der Waals surface area contributed by atoms with Crippen LogP contribution in [0.1, 0.15) is 27.2 Å². The minimum atomic E-state index is -3.11. The van der Waals surface area contributed by atoms with Crippen LogP contribution in [0.4, 0.5) is 0 Å². The van der Waals surface area contributed by atoms with Crippen LogP contribution in [0.15, 0.2) is 0 Å². The van der Waals surface area contributed by atoms with Crippen LogP contribution >= 0.6 is 0 Å². The van der Waals surface area contributed by atoms with E-state index in [1.54, 1.807) is 6.92 Å². The van der Waals surface area contributed by atoms with E-state index in [1.807, 2.05) is 13.8 Å². The van der Waals surface area contributed by atoms with Crippen molar-refractivity contribution in [1.29, 1.82) is 0 Å². The molecule has 1 unspecified atom stereocenters. The first kappa shape index (κ1) is 16.4. The molecule has 0 aromatic rings. The van der Waals surface area contributed by atoms with Crippen molar-refractivity contribution in [1.82, 2.24) is 0 Å². The van der Waals surface area contributed by atoms with E-state index in [2.05, 4.69) is 0 Å². The summed E-state index contributed by atoms with van der Waals surface area (Å²) in [4.78, 5) is 12.0. The third-order valence-electron chi connectivity index (χ3n) is 3.07. The molecule has 0 spiro atoms. The van der Waals surface area contributed by atoms with E-state index in [-0.39, 0.29) is 31.2 Å². The predicted molar refractivity (Wildman–Crippen MR) is 67.3 cm³/mol. The highest BCUT2D eigenvalue weighted by Crippen LogP contribution is 2.32. The lowest BCUT2D eigenvalue weighted by Crippen LogP contribution is -2.45. The van der Waals surface area contributed by atoms with Gasteiger partial charge in [0.1, 0.15) is 9.84 Å². The molecule has 0 saturated carbocycles. The smallest absolute Gasteiger partial charge is 0.313 e. The molecule has 0 amide bonds. The number of hydrogen-bond acceptors (Lipinski definition) is 5. The maximum Gasteiger partial charge on any atom is 0.313 e. The predicted octanol–water partition coefficient (Wildman–Crippen LogP) is 0.585. The highest BCUT2D eigenvalue weighted by molar-refractivity contribution is 7.90. The van der Waals surface area contributed by atoms with E-state index in [4.69, 9.17) is 10.5 Å². The Kier molecular flexibility index (Phi) is 6.12. The standard InChI is InChI=1S/C11H23NO4S/c1-5-16-10(13)11(8-12,9(2)3)6-7-17(4,14)15/h9H,5-8,12H2,1-4H3. The molecule has 5 nitrogen and oxygen atoms in total. The van der Waals surface area contributed by atoms with Crippen molar-refractivity contribution in [3.63, 3.8) is 0 Å². The number of ether oxygens (including phenoxy) is 1. The molecule has 1 atom stereocenters. The minimum Gasteiger partial charge on any atom is -0.466 e. The summed E-state index contributed by atoms with van der Waals surface area (Å²) in [7, 11) is -3.11. The summed E-state index contributed by atoms with van der Waals surface area (Å²) in [6, 6.07) is 0. The Labute approximate surface area is 104 Å². The second-order valence-electron chi connectivity index (χ2n) is 4.62. The maximum absolute atomic E-state index is 12.0. The number of carbonyl (C=O) groups excluding carboxylic acids is 1. The van der Waals surface area contributed by atoms with Gasteiger partial charge in [0.25, 0.3) is 0 Å². The van der Waals surface area contributed by atoms with Crippen LogP contribution in [0.3, 0.4) is 0 Å². The van der Waals surface area contributed by atoms with Crippen molar-refractivity contribution in [3.8, 4) is 0 Å². The lowest BCUT2D eigenvalue weighted by atomic mass is 9.75. The van der Waals surface area contributed by atoms with E-state index in [0.717, 1.165) is 6.26 Å². The van der Waals surface area contributed by atoms with Gasteiger partial charge in [-0.25, -0.2) is 8.42 Å². The summed E-state index contributed by atoms with van der Waals surface area (Å²) in [5.74, 6) is -0.518. The number of carbonyl (C=O) groups is 1. The Balaban J connectivity index is 5.02. The SMILES string of the molecule is CCOC(=O)C(CN)(CCS(C)(=O)=O)C(C)C. The Morgan fingerprint density at radius 1 is 1.41 bits per heavy atom. The molecule has 0 bridgehead atoms. The van der Waals surface area contributed by atoms with Crippen molar-refractivity contribution in [3.05, 3.63) is 0 Å². The van der Waals surface area contributed by atoms with Crippen LogP contribution in [0.25, 0.3) is 0 Å². The largest absolute Gasteiger partial charge is 0.466 e. The van der Waals surface area contributed by atoms with Crippen LogP contribution < -0.4 is 5.73 Å². The van der Waals surface area contributed by atoms with Crippen LogP contribution in [-0.2, 0) is 19.4 Å². The molecule has 2 N–H and O–H groups in total. The zero-order valence-electron chi connectivity index (χ0n) is 11.0. The van der Waals surface area contributed by atoms with Gasteiger partial charge in [-0.2, -0.15) is 0 Å². The van der Waals surface area contributed by atoms with Crippen molar-refractivity contribution < 1.29 is 17.9 Å². The van der Waals surface area contributed by atoms with Gasteiger partial charge in [-0.3, -0.25) is 4.79 Å². The average Bonchev–Trinajstić information content (AvgIpc) is 2.17. The fraction of sp³-hybridized carbons (Fsp3) is 0.909. The molecule has 0 aliphatic carbocycles. The molecule has 6 heteroatoms. The molecular weight excluding hydrogens is 242 g/mol. The zero-order chi connectivity index (χ0) is 13.7. The first-order valence-corrected chi connectivity index (χ1v) is 7.80. The Morgan fingerprint density at radius 3 is 2.24 bits per heavy atom. The molecule has 102 valence electrons. The quantitative estimate of drug-likeness (QED) is 0.681. The Morgan fingerprint density at radius 2 is 1.94 bits per heavy atom. The van der Waals surface area contributed by atoms with Gasteiger partial charge in [0.15, 0.2) is 0 Å². The summed E-state index contributed by atoms with van der Waals surface area (Å²) < 4.78 is 27.4. The highest BCUT2D eigenvalue weighted by Gasteiger charge is 2.42. The highest BCUT2D eigenvalue weighted by atomic mass is 32.2. The molecule has 0 aliphatic heterocycles. The van der Waals surface area contributed by atoms with Crippen LogP contribution in [0.5, 0.6) is 0 Å². The Bertz CT molecular complexity index is 350. The van der Waals surface area contributed by atoms with E-state index in [9.17, 15) is 13.2 Å². The van der Waals surface area contributed by atoms with E-state index in [0.29, 0.717) is 0 Å². The first-order chi connectivity index (χ1) is 7.69. The van der Waals surface area contributed by atoms with Gasteiger partial charge >= 0.3 is 5.97 Å². The lowest BCUT2D eigenvalue weighted by Gasteiger charge is -2.33. The fourth-order valence-electron chi connectivity index (χ4n) is 1.69.